The van der Waals surface area contributed by atoms with E-state index in [1.807, 2.05) is 0 Å². The van der Waals surface area contributed by atoms with Crippen molar-refractivity contribution in [3.63, 3.8) is 0 Å². The highest BCUT2D eigenvalue weighted by molar-refractivity contribution is 14.0. The molecule has 1 saturated heterocycles. The molecule has 21 heavy (non-hydrogen) atoms. The molecule has 0 aromatic carbocycles. The average molecular weight is 410 g/mol. The molecule has 2 fully saturated rings. The van der Waals surface area contributed by atoms with Gasteiger partial charge in [0.25, 0.3) is 0 Å². The number of ether oxygens (including phenoxy) is 1. The molecule has 6 nitrogen and oxygen atoms in total. The molecular formula is C14H27IN4O2. The lowest BCUT2D eigenvalue weighted by molar-refractivity contribution is -0.127. The summed E-state index contributed by atoms with van der Waals surface area (Å²) in [5.41, 5.74) is 0. The second-order valence-electron chi connectivity index (χ2n) is 6.03. The SMILES string of the molecule is CC1CC1NC(=NCC(=O)N(C)C)NCC1CCOC1.I. The number of carbonyl (C=O) groups is 1. The molecule has 3 unspecified atom stereocenters. The zero-order valence-corrected chi connectivity index (χ0v) is 15.4. The van der Waals surface area contributed by atoms with E-state index in [-0.39, 0.29) is 36.4 Å². The second-order valence-corrected chi connectivity index (χ2v) is 6.03. The van der Waals surface area contributed by atoms with Gasteiger partial charge in [0, 0.05) is 39.2 Å². The molecule has 0 aromatic rings. The number of rotatable bonds is 5. The van der Waals surface area contributed by atoms with E-state index in [4.69, 9.17) is 4.74 Å². The first kappa shape index (κ1) is 18.5. The smallest absolute Gasteiger partial charge is 0.243 e. The highest BCUT2D eigenvalue weighted by atomic mass is 127. The lowest BCUT2D eigenvalue weighted by Gasteiger charge is -2.15. The Morgan fingerprint density at radius 1 is 1.43 bits per heavy atom. The van der Waals surface area contributed by atoms with Gasteiger partial charge in [0.2, 0.25) is 5.91 Å². The van der Waals surface area contributed by atoms with Crippen LogP contribution >= 0.6 is 24.0 Å². The molecule has 7 heteroatoms. The van der Waals surface area contributed by atoms with Crippen molar-refractivity contribution in [2.45, 2.75) is 25.8 Å². The zero-order chi connectivity index (χ0) is 14.5. The first-order chi connectivity index (χ1) is 9.56. The molecule has 0 aromatic heterocycles. The Morgan fingerprint density at radius 3 is 2.67 bits per heavy atom. The Hall–Kier alpha value is -0.570. The summed E-state index contributed by atoms with van der Waals surface area (Å²) in [5.74, 6) is 2.00. The number of carbonyl (C=O) groups excluding carboxylic acids is 1. The van der Waals surface area contributed by atoms with E-state index >= 15 is 0 Å². The number of hydrogen-bond donors (Lipinski definition) is 2. The van der Waals surface area contributed by atoms with Crippen molar-refractivity contribution < 1.29 is 9.53 Å². The van der Waals surface area contributed by atoms with Crippen molar-refractivity contribution in [2.24, 2.45) is 16.8 Å². The van der Waals surface area contributed by atoms with E-state index in [0.717, 1.165) is 32.1 Å². The van der Waals surface area contributed by atoms with Gasteiger partial charge in [-0.15, -0.1) is 24.0 Å². The molecule has 1 saturated carbocycles. The Kier molecular flexibility index (Phi) is 7.72. The molecular weight excluding hydrogens is 383 g/mol. The predicted molar refractivity (Wildman–Crippen MR) is 94.0 cm³/mol. The molecule has 2 rings (SSSR count). The van der Waals surface area contributed by atoms with Gasteiger partial charge in [-0.05, 0) is 18.8 Å². The number of nitrogens with one attached hydrogen (secondary N) is 2. The van der Waals surface area contributed by atoms with E-state index in [2.05, 4.69) is 22.5 Å². The van der Waals surface area contributed by atoms with Crippen LogP contribution in [0.5, 0.6) is 0 Å². The maximum absolute atomic E-state index is 11.6. The van der Waals surface area contributed by atoms with Crippen LogP contribution in [0, 0.1) is 11.8 Å². The van der Waals surface area contributed by atoms with Crippen molar-refractivity contribution in [1.29, 1.82) is 0 Å². The highest BCUT2D eigenvalue weighted by Gasteiger charge is 2.33. The molecule has 0 bridgehead atoms. The monoisotopic (exact) mass is 410 g/mol. The fraction of sp³-hybridized carbons (Fsp3) is 0.857. The van der Waals surface area contributed by atoms with E-state index < -0.39 is 0 Å². The summed E-state index contributed by atoms with van der Waals surface area (Å²) in [4.78, 5) is 17.6. The lowest BCUT2D eigenvalue weighted by atomic mass is 10.1. The third kappa shape index (κ3) is 6.37. The molecule has 1 aliphatic heterocycles. The topological polar surface area (TPSA) is 66.0 Å². The Bertz CT molecular complexity index is 370. The first-order valence-electron chi connectivity index (χ1n) is 7.39. The quantitative estimate of drug-likeness (QED) is 0.398. The number of guanidine groups is 1. The van der Waals surface area contributed by atoms with E-state index in [9.17, 15) is 4.79 Å². The highest BCUT2D eigenvalue weighted by Crippen LogP contribution is 2.28. The fourth-order valence-corrected chi connectivity index (χ4v) is 2.12. The van der Waals surface area contributed by atoms with Crippen LogP contribution in [-0.4, -0.2) is 63.2 Å². The Balaban J connectivity index is 0.00000220. The summed E-state index contributed by atoms with van der Waals surface area (Å²) in [7, 11) is 3.49. The molecule has 2 N–H and O–H groups in total. The normalized spacial score (nSPS) is 27.8. The Labute approximate surface area is 144 Å². The van der Waals surface area contributed by atoms with Crippen molar-refractivity contribution in [2.75, 3.05) is 40.4 Å². The molecule has 122 valence electrons. The number of likely N-dealkylation sites (N-methyl/N-ethyl adjacent to an activating group) is 1. The van der Waals surface area contributed by atoms with Gasteiger partial charge in [-0.25, -0.2) is 4.99 Å². The fourth-order valence-electron chi connectivity index (χ4n) is 2.12. The van der Waals surface area contributed by atoms with Crippen molar-refractivity contribution in [1.82, 2.24) is 15.5 Å². The second kappa shape index (κ2) is 8.77. The van der Waals surface area contributed by atoms with Gasteiger partial charge in [-0.1, -0.05) is 6.92 Å². The van der Waals surface area contributed by atoms with Crippen LogP contribution in [0.15, 0.2) is 4.99 Å². The molecule has 0 spiro atoms. The minimum atomic E-state index is 0. The minimum absolute atomic E-state index is 0. The molecule has 3 atom stereocenters. The number of amides is 1. The zero-order valence-electron chi connectivity index (χ0n) is 13.1. The summed E-state index contributed by atoms with van der Waals surface area (Å²) < 4.78 is 5.37. The molecule has 2 aliphatic rings. The standard InChI is InChI=1S/C14H26N4O2.HI/c1-10-6-12(10)17-14(16-8-13(19)18(2)3)15-7-11-4-5-20-9-11;/h10-12H,4-9H2,1-3H3,(H2,15,16,17);1H. The average Bonchev–Trinajstić information content (AvgIpc) is 2.91. The van der Waals surface area contributed by atoms with Crippen LogP contribution in [0.1, 0.15) is 19.8 Å². The van der Waals surface area contributed by atoms with Crippen LogP contribution in [0.25, 0.3) is 0 Å². The summed E-state index contributed by atoms with van der Waals surface area (Å²) >= 11 is 0. The minimum Gasteiger partial charge on any atom is -0.381 e. The van der Waals surface area contributed by atoms with Crippen LogP contribution in [-0.2, 0) is 9.53 Å². The van der Waals surface area contributed by atoms with Gasteiger partial charge in [-0.2, -0.15) is 0 Å². The predicted octanol–water partition coefficient (Wildman–Crippen LogP) is 0.673. The van der Waals surface area contributed by atoms with Gasteiger partial charge in [0.05, 0.1) is 6.61 Å². The largest absolute Gasteiger partial charge is 0.381 e. The van der Waals surface area contributed by atoms with Gasteiger partial charge in [0.1, 0.15) is 6.54 Å². The van der Waals surface area contributed by atoms with Crippen molar-refractivity contribution >= 4 is 35.8 Å². The van der Waals surface area contributed by atoms with Gasteiger partial charge < -0.3 is 20.3 Å². The number of nitrogens with zero attached hydrogens (tertiary/aromatic N) is 2. The van der Waals surface area contributed by atoms with Gasteiger partial charge in [-0.3, -0.25) is 4.79 Å². The summed E-state index contributed by atoms with van der Waals surface area (Å²) in [6, 6.07) is 0.496. The number of aliphatic imine (C=N–C) groups is 1. The molecule has 1 aliphatic carbocycles. The molecule has 1 heterocycles. The van der Waals surface area contributed by atoms with Gasteiger partial charge >= 0.3 is 0 Å². The summed E-state index contributed by atoms with van der Waals surface area (Å²) in [6.07, 6.45) is 2.27. The summed E-state index contributed by atoms with van der Waals surface area (Å²) in [6.45, 7) is 4.92. The Morgan fingerprint density at radius 2 is 2.14 bits per heavy atom. The number of halogens is 1. The van der Waals surface area contributed by atoms with E-state index in [0.29, 0.717) is 17.9 Å². The number of hydrogen-bond acceptors (Lipinski definition) is 3. The summed E-state index contributed by atoms with van der Waals surface area (Å²) in [5, 5.41) is 6.72. The van der Waals surface area contributed by atoms with Crippen LogP contribution in [0.3, 0.4) is 0 Å². The van der Waals surface area contributed by atoms with E-state index in [1.54, 1.807) is 19.0 Å². The molecule has 1 amide bonds. The van der Waals surface area contributed by atoms with Crippen molar-refractivity contribution in [3.8, 4) is 0 Å². The maximum Gasteiger partial charge on any atom is 0.243 e. The van der Waals surface area contributed by atoms with Crippen LogP contribution < -0.4 is 10.6 Å². The molecule has 0 radical (unpaired) electrons. The van der Waals surface area contributed by atoms with Gasteiger partial charge in [0.15, 0.2) is 5.96 Å². The third-order valence-corrected chi connectivity index (χ3v) is 3.88. The van der Waals surface area contributed by atoms with Crippen molar-refractivity contribution in [3.05, 3.63) is 0 Å². The first-order valence-corrected chi connectivity index (χ1v) is 7.39. The van der Waals surface area contributed by atoms with Crippen LogP contribution in [0.2, 0.25) is 0 Å². The maximum atomic E-state index is 11.6. The third-order valence-electron chi connectivity index (χ3n) is 3.88. The van der Waals surface area contributed by atoms with E-state index in [1.165, 1.54) is 6.42 Å². The lowest BCUT2D eigenvalue weighted by Crippen LogP contribution is -2.42. The van der Waals surface area contributed by atoms with Crippen LogP contribution in [0.4, 0.5) is 0 Å².